The second kappa shape index (κ2) is 12.2. The van der Waals surface area contributed by atoms with Gasteiger partial charge in [-0.15, -0.1) is 11.3 Å². The van der Waals surface area contributed by atoms with Crippen molar-refractivity contribution in [2.24, 2.45) is 0 Å². The molecule has 0 aliphatic heterocycles. The van der Waals surface area contributed by atoms with E-state index in [1.807, 2.05) is 23.5 Å². The van der Waals surface area contributed by atoms with Gasteiger partial charge in [-0.25, -0.2) is 0 Å². The lowest BCUT2D eigenvalue weighted by Gasteiger charge is -2.26. The Morgan fingerprint density at radius 3 is 1.45 bits per heavy atom. The van der Waals surface area contributed by atoms with Crippen molar-refractivity contribution in [1.29, 1.82) is 0 Å². The van der Waals surface area contributed by atoms with Gasteiger partial charge in [0.25, 0.3) is 0 Å². The monoisotopic (exact) mass is 669 g/mol. The van der Waals surface area contributed by atoms with Crippen molar-refractivity contribution < 1.29 is 4.42 Å². The number of para-hydroxylation sites is 1. The summed E-state index contributed by atoms with van der Waals surface area (Å²) in [6.45, 7) is 0. The van der Waals surface area contributed by atoms with E-state index in [-0.39, 0.29) is 0 Å². The summed E-state index contributed by atoms with van der Waals surface area (Å²) in [4.78, 5) is 2.37. The predicted octanol–water partition coefficient (Wildman–Crippen LogP) is 14.4. The first-order valence-corrected chi connectivity index (χ1v) is 18.1. The number of thiophene rings is 1. The molecule has 0 aliphatic carbocycles. The molecule has 0 amide bonds. The van der Waals surface area contributed by atoms with Crippen LogP contribution in [0.3, 0.4) is 0 Å². The zero-order valence-corrected chi connectivity index (χ0v) is 28.5. The van der Waals surface area contributed by atoms with Crippen molar-refractivity contribution in [3.8, 4) is 33.4 Å². The van der Waals surface area contributed by atoms with Crippen LogP contribution in [-0.2, 0) is 0 Å². The molecule has 0 aliphatic rings. The van der Waals surface area contributed by atoms with Crippen molar-refractivity contribution in [3.05, 3.63) is 188 Å². The number of furan rings is 1. The summed E-state index contributed by atoms with van der Waals surface area (Å²) in [5, 5.41) is 4.82. The molecule has 10 rings (SSSR count). The molecule has 0 bridgehead atoms. The Labute approximate surface area is 300 Å². The van der Waals surface area contributed by atoms with Gasteiger partial charge in [0.1, 0.15) is 11.2 Å². The van der Waals surface area contributed by atoms with Crippen LogP contribution in [0.5, 0.6) is 0 Å². The maximum Gasteiger partial charge on any atom is 0.136 e. The number of rotatable bonds is 6. The van der Waals surface area contributed by atoms with Crippen LogP contribution in [0.15, 0.2) is 192 Å². The molecule has 2 aromatic heterocycles. The largest absolute Gasteiger partial charge is 0.456 e. The molecule has 2 heterocycles. The quantitative estimate of drug-likeness (QED) is 0.175. The highest BCUT2D eigenvalue weighted by molar-refractivity contribution is 7.25. The number of hydrogen-bond acceptors (Lipinski definition) is 3. The van der Waals surface area contributed by atoms with Crippen molar-refractivity contribution in [2.75, 3.05) is 4.90 Å². The van der Waals surface area contributed by atoms with E-state index in [1.54, 1.807) is 0 Å². The van der Waals surface area contributed by atoms with Gasteiger partial charge in [-0.1, -0.05) is 115 Å². The minimum Gasteiger partial charge on any atom is -0.456 e. The van der Waals surface area contributed by atoms with Crippen LogP contribution in [-0.4, -0.2) is 0 Å². The minimum atomic E-state index is 0.915. The van der Waals surface area contributed by atoms with Gasteiger partial charge in [0.15, 0.2) is 0 Å². The van der Waals surface area contributed by atoms with Crippen LogP contribution in [0.1, 0.15) is 0 Å². The van der Waals surface area contributed by atoms with Gasteiger partial charge in [-0.3, -0.25) is 0 Å². The van der Waals surface area contributed by atoms with E-state index in [1.165, 1.54) is 48.0 Å². The molecule has 0 saturated heterocycles. The third-order valence-electron chi connectivity index (χ3n) is 9.89. The Kier molecular flexibility index (Phi) is 7.04. The fourth-order valence-corrected chi connectivity index (χ4v) is 8.37. The van der Waals surface area contributed by atoms with E-state index < -0.39 is 0 Å². The second-order valence-electron chi connectivity index (χ2n) is 13.0. The normalized spacial score (nSPS) is 11.5. The molecular formula is C48H31NOS. The zero-order valence-electron chi connectivity index (χ0n) is 27.7. The molecule has 3 heteroatoms. The predicted molar refractivity (Wildman–Crippen MR) is 218 cm³/mol. The Morgan fingerprint density at radius 1 is 0.314 bits per heavy atom. The summed E-state index contributed by atoms with van der Waals surface area (Å²) >= 11 is 1.85. The molecule has 240 valence electrons. The first kappa shape index (κ1) is 29.5. The van der Waals surface area contributed by atoms with Crippen LogP contribution < -0.4 is 4.90 Å². The summed E-state index contributed by atoms with van der Waals surface area (Å²) in [7, 11) is 0. The van der Waals surface area contributed by atoms with Gasteiger partial charge in [0.2, 0.25) is 0 Å². The smallest absolute Gasteiger partial charge is 0.136 e. The molecule has 10 aromatic rings. The third-order valence-corrected chi connectivity index (χ3v) is 11.0. The number of fused-ring (bicyclic) bond motifs is 6. The average molecular weight is 670 g/mol. The van der Waals surface area contributed by atoms with Crippen LogP contribution in [0.25, 0.3) is 75.5 Å². The van der Waals surface area contributed by atoms with E-state index in [0.29, 0.717) is 0 Å². The highest BCUT2D eigenvalue weighted by atomic mass is 32.1. The lowest BCUT2D eigenvalue weighted by molar-refractivity contribution is 0.669. The molecule has 0 unspecified atom stereocenters. The number of anilines is 3. The topological polar surface area (TPSA) is 16.4 Å². The standard InChI is InChI=1S/C48H31NOS/c1-3-9-32(10-4-1)34-15-21-38(22-16-34)49(39-23-17-35(18-24-39)33-11-5-2-6-12-33)40-25-28-48-44(31-40)43-29-36(20-27-47(43)51-48)37-19-26-42-41-13-7-8-14-45(41)50-46(42)30-37/h1-31H. The number of hydrogen-bond donors (Lipinski definition) is 0. The molecule has 0 radical (unpaired) electrons. The van der Waals surface area contributed by atoms with Crippen molar-refractivity contribution in [2.45, 2.75) is 0 Å². The van der Waals surface area contributed by atoms with E-state index in [2.05, 4.69) is 181 Å². The molecule has 51 heavy (non-hydrogen) atoms. The van der Waals surface area contributed by atoms with E-state index in [4.69, 9.17) is 4.42 Å². The van der Waals surface area contributed by atoms with Gasteiger partial charge >= 0.3 is 0 Å². The van der Waals surface area contributed by atoms with Crippen LogP contribution >= 0.6 is 11.3 Å². The summed E-state index contributed by atoms with van der Waals surface area (Å²) in [6, 6.07) is 67.5. The van der Waals surface area contributed by atoms with Gasteiger partial charge in [-0.05, 0) is 106 Å². The first-order valence-electron chi connectivity index (χ1n) is 17.2. The highest BCUT2D eigenvalue weighted by Gasteiger charge is 2.16. The lowest BCUT2D eigenvalue weighted by atomic mass is 10.0. The molecule has 0 saturated carbocycles. The number of benzene rings is 8. The van der Waals surface area contributed by atoms with Crippen molar-refractivity contribution >= 4 is 70.5 Å². The first-order chi connectivity index (χ1) is 25.2. The molecular weight excluding hydrogens is 639 g/mol. The molecule has 8 aromatic carbocycles. The van der Waals surface area contributed by atoms with E-state index in [0.717, 1.165) is 44.6 Å². The Bertz CT molecular complexity index is 2750. The van der Waals surface area contributed by atoms with Crippen LogP contribution in [0.2, 0.25) is 0 Å². The molecule has 0 fully saturated rings. The maximum absolute atomic E-state index is 6.24. The third kappa shape index (κ3) is 5.27. The molecule has 0 spiro atoms. The summed E-state index contributed by atoms with van der Waals surface area (Å²) in [5.41, 5.74) is 12.3. The van der Waals surface area contributed by atoms with Gasteiger partial charge in [0.05, 0.1) is 0 Å². The molecule has 0 atom stereocenters. The second-order valence-corrected chi connectivity index (χ2v) is 14.0. The summed E-state index contributed by atoms with van der Waals surface area (Å²) in [5.74, 6) is 0. The lowest BCUT2D eigenvalue weighted by Crippen LogP contribution is -2.09. The van der Waals surface area contributed by atoms with E-state index in [9.17, 15) is 0 Å². The number of nitrogens with zero attached hydrogens (tertiary/aromatic N) is 1. The Morgan fingerprint density at radius 2 is 0.784 bits per heavy atom. The Balaban J connectivity index is 1.08. The molecule has 0 N–H and O–H groups in total. The Hall–Kier alpha value is -6.42. The van der Waals surface area contributed by atoms with Gasteiger partial charge in [-0.2, -0.15) is 0 Å². The van der Waals surface area contributed by atoms with Gasteiger partial charge in [0, 0.05) is 48.0 Å². The summed E-state index contributed by atoms with van der Waals surface area (Å²) < 4.78 is 8.80. The maximum atomic E-state index is 6.24. The average Bonchev–Trinajstić information content (AvgIpc) is 3.76. The summed E-state index contributed by atoms with van der Waals surface area (Å²) in [6.07, 6.45) is 0. The fraction of sp³-hybridized carbons (Fsp3) is 0. The molecule has 2 nitrogen and oxygen atoms in total. The van der Waals surface area contributed by atoms with Crippen molar-refractivity contribution in [1.82, 2.24) is 0 Å². The van der Waals surface area contributed by atoms with Crippen molar-refractivity contribution in [3.63, 3.8) is 0 Å². The minimum absolute atomic E-state index is 0.915. The van der Waals surface area contributed by atoms with Gasteiger partial charge < -0.3 is 9.32 Å². The highest BCUT2D eigenvalue weighted by Crippen LogP contribution is 2.43. The SMILES string of the molecule is c1ccc(-c2ccc(N(c3ccc(-c4ccccc4)cc3)c3ccc4sc5ccc(-c6ccc7c(c6)oc6ccccc67)cc5c4c3)cc2)cc1. The van der Waals surface area contributed by atoms with Crippen LogP contribution in [0.4, 0.5) is 17.1 Å². The van der Waals surface area contributed by atoms with E-state index >= 15 is 0 Å². The van der Waals surface area contributed by atoms with Crippen LogP contribution in [0, 0.1) is 0 Å². The fourth-order valence-electron chi connectivity index (χ4n) is 7.30. The zero-order chi connectivity index (χ0) is 33.7.